The van der Waals surface area contributed by atoms with Gasteiger partial charge in [0.15, 0.2) is 0 Å². The lowest BCUT2D eigenvalue weighted by molar-refractivity contribution is -0.141. The average molecular weight is 395 g/mol. The molecule has 4 rings (SSSR count). The largest absolute Gasteiger partial charge is 0.480 e. The number of ether oxygens (including phenoxy) is 1. The van der Waals surface area contributed by atoms with Gasteiger partial charge in [-0.15, -0.1) is 0 Å². The summed E-state index contributed by atoms with van der Waals surface area (Å²) in [5, 5.41) is 21.7. The minimum absolute atomic E-state index is 0.0683. The first-order valence-electron chi connectivity index (χ1n) is 10.1. The predicted octanol–water partition coefficient (Wildman–Crippen LogP) is 3.53. The van der Waals surface area contributed by atoms with Crippen LogP contribution in [0.1, 0.15) is 42.7 Å². The van der Waals surface area contributed by atoms with E-state index < -0.39 is 18.1 Å². The zero-order valence-corrected chi connectivity index (χ0v) is 16.1. The van der Waals surface area contributed by atoms with Crippen molar-refractivity contribution in [2.24, 2.45) is 5.92 Å². The molecule has 0 saturated heterocycles. The van der Waals surface area contributed by atoms with Crippen molar-refractivity contribution in [1.82, 2.24) is 5.32 Å². The Morgan fingerprint density at radius 2 is 1.52 bits per heavy atom. The normalized spacial score (nSPS) is 21.7. The second-order valence-corrected chi connectivity index (χ2v) is 7.85. The Hall–Kier alpha value is -2.86. The summed E-state index contributed by atoms with van der Waals surface area (Å²) in [4.78, 5) is 24.1. The fraction of sp³-hybridized carbons (Fsp3) is 0.391. The second kappa shape index (κ2) is 8.25. The minimum atomic E-state index is -1.07. The molecule has 1 fully saturated rings. The van der Waals surface area contributed by atoms with E-state index in [0.717, 1.165) is 22.3 Å². The van der Waals surface area contributed by atoms with Crippen LogP contribution in [0.15, 0.2) is 48.5 Å². The second-order valence-electron chi connectivity index (χ2n) is 7.85. The Morgan fingerprint density at radius 3 is 2.07 bits per heavy atom. The summed E-state index contributed by atoms with van der Waals surface area (Å²) in [5.41, 5.74) is 4.50. The molecule has 3 N–H and O–H groups in total. The number of carboxylic acid groups (broad SMARTS) is 1. The number of hydrogen-bond donors (Lipinski definition) is 3. The predicted molar refractivity (Wildman–Crippen MR) is 108 cm³/mol. The lowest BCUT2D eigenvalue weighted by Gasteiger charge is -2.30. The lowest BCUT2D eigenvalue weighted by Crippen LogP contribution is -2.47. The van der Waals surface area contributed by atoms with Crippen molar-refractivity contribution in [2.75, 3.05) is 6.61 Å². The molecule has 0 aromatic heterocycles. The maximum Gasteiger partial charge on any atom is 0.407 e. The van der Waals surface area contributed by atoms with E-state index in [2.05, 4.69) is 17.4 Å². The molecule has 1 saturated carbocycles. The van der Waals surface area contributed by atoms with E-state index in [1.165, 1.54) is 0 Å². The Kier molecular flexibility index (Phi) is 5.53. The van der Waals surface area contributed by atoms with Crippen molar-refractivity contribution >= 4 is 12.1 Å². The van der Waals surface area contributed by atoms with Crippen LogP contribution >= 0.6 is 0 Å². The summed E-state index contributed by atoms with van der Waals surface area (Å²) in [7, 11) is 0. The third kappa shape index (κ3) is 3.98. The van der Waals surface area contributed by atoms with E-state index in [1.807, 2.05) is 36.4 Å². The number of alkyl carbamates (subject to hydrolysis) is 1. The number of amides is 1. The van der Waals surface area contributed by atoms with Gasteiger partial charge in [-0.25, -0.2) is 9.59 Å². The van der Waals surface area contributed by atoms with Gasteiger partial charge in [-0.3, -0.25) is 0 Å². The molecule has 2 aliphatic rings. The number of hydrogen-bond acceptors (Lipinski definition) is 4. The number of carbonyl (C=O) groups excluding carboxylic acids is 1. The van der Waals surface area contributed by atoms with Gasteiger partial charge in [0, 0.05) is 5.92 Å². The smallest absolute Gasteiger partial charge is 0.407 e. The Labute approximate surface area is 169 Å². The highest BCUT2D eigenvalue weighted by Gasteiger charge is 2.34. The monoisotopic (exact) mass is 395 g/mol. The molecule has 0 bridgehead atoms. The molecule has 6 heteroatoms. The fourth-order valence-corrected chi connectivity index (χ4v) is 4.58. The Balaban J connectivity index is 1.42. The first kappa shape index (κ1) is 19.5. The number of benzene rings is 2. The van der Waals surface area contributed by atoms with E-state index in [9.17, 15) is 19.8 Å². The maximum atomic E-state index is 12.4. The zero-order valence-electron chi connectivity index (χ0n) is 16.1. The summed E-state index contributed by atoms with van der Waals surface area (Å²) in [6, 6.07) is 15.1. The Bertz CT molecular complexity index is 858. The van der Waals surface area contributed by atoms with Crippen LogP contribution < -0.4 is 5.32 Å². The van der Waals surface area contributed by atoms with Gasteiger partial charge < -0.3 is 20.3 Å². The van der Waals surface area contributed by atoms with Crippen molar-refractivity contribution in [3.05, 3.63) is 59.7 Å². The molecule has 6 nitrogen and oxygen atoms in total. The van der Waals surface area contributed by atoms with Gasteiger partial charge in [-0.2, -0.15) is 0 Å². The van der Waals surface area contributed by atoms with E-state index >= 15 is 0 Å². The highest BCUT2D eigenvalue weighted by molar-refractivity contribution is 5.81. The molecule has 2 aromatic carbocycles. The van der Waals surface area contributed by atoms with Gasteiger partial charge >= 0.3 is 12.1 Å². The van der Waals surface area contributed by atoms with Crippen LogP contribution in [0.25, 0.3) is 11.1 Å². The van der Waals surface area contributed by atoms with Crippen LogP contribution in [0.3, 0.4) is 0 Å². The maximum absolute atomic E-state index is 12.4. The molecule has 0 spiro atoms. The summed E-state index contributed by atoms with van der Waals surface area (Å²) < 4.78 is 5.47. The van der Waals surface area contributed by atoms with Gasteiger partial charge in [-0.05, 0) is 53.9 Å². The van der Waals surface area contributed by atoms with Crippen LogP contribution in [-0.2, 0) is 9.53 Å². The molecule has 29 heavy (non-hydrogen) atoms. The molecule has 152 valence electrons. The Morgan fingerprint density at radius 1 is 0.966 bits per heavy atom. The number of rotatable bonds is 5. The summed E-state index contributed by atoms with van der Waals surface area (Å²) in [6.07, 6.45) is 1.16. The van der Waals surface area contributed by atoms with Gasteiger partial charge in [-0.1, -0.05) is 48.5 Å². The number of carboxylic acids is 1. The van der Waals surface area contributed by atoms with Crippen molar-refractivity contribution in [1.29, 1.82) is 0 Å². The van der Waals surface area contributed by atoms with E-state index in [4.69, 9.17) is 4.74 Å². The third-order valence-electron chi connectivity index (χ3n) is 6.10. The number of carbonyl (C=O) groups is 2. The highest BCUT2D eigenvalue weighted by Crippen LogP contribution is 2.44. The first-order chi connectivity index (χ1) is 14.0. The lowest BCUT2D eigenvalue weighted by atomic mass is 9.82. The number of fused-ring (bicyclic) bond motifs is 3. The van der Waals surface area contributed by atoms with Gasteiger partial charge in [0.25, 0.3) is 0 Å². The third-order valence-corrected chi connectivity index (χ3v) is 6.10. The molecule has 2 aromatic rings. The van der Waals surface area contributed by atoms with Crippen LogP contribution in [0.5, 0.6) is 0 Å². The van der Waals surface area contributed by atoms with Crippen molar-refractivity contribution < 1.29 is 24.5 Å². The van der Waals surface area contributed by atoms with Gasteiger partial charge in [0.05, 0.1) is 6.10 Å². The molecule has 0 radical (unpaired) electrons. The molecule has 0 aliphatic heterocycles. The van der Waals surface area contributed by atoms with E-state index in [0.29, 0.717) is 25.7 Å². The SMILES string of the molecule is O=C(N[C@H](C(=O)O)C1CCC(O)CC1)OCC1c2ccccc2-c2ccccc21. The first-order valence-corrected chi connectivity index (χ1v) is 10.1. The van der Waals surface area contributed by atoms with E-state index in [-0.39, 0.29) is 24.5 Å². The molecule has 2 aliphatic carbocycles. The number of nitrogens with one attached hydrogen (secondary N) is 1. The summed E-state index contributed by atoms with van der Waals surface area (Å²) >= 11 is 0. The number of aliphatic hydroxyl groups is 1. The van der Waals surface area contributed by atoms with Crippen LogP contribution in [-0.4, -0.2) is 41.0 Å². The van der Waals surface area contributed by atoms with Crippen LogP contribution in [0, 0.1) is 5.92 Å². The number of aliphatic carboxylic acids is 1. The number of aliphatic hydroxyl groups excluding tert-OH is 1. The van der Waals surface area contributed by atoms with Crippen molar-refractivity contribution in [2.45, 2.75) is 43.7 Å². The molecule has 0 unspecified atom stereocenters. The highest BCUT2D eigenvalue weighted by atomic mass is 16.5. The van der Waals surface area contributed by atoms with Gasteiger partial charge in [0.2, 0.25) is 0 Å². The molecule has 0 heterocycles. The molecular weight excluding hydrogens is 370 g/mol. The molecule has 1 amide bonds. The zero-order chi connectivity index (χ0) is 20.4. The summed E-state index contributed by atoms with van der Waals surface area (Å²) in [5.74, 6) is -1.34. The van der Waals surface area contributed by atoms with Crippen molar-refractivity contribution in [3.8, 4) is 11.1 Å². The topological polar surface area (TPSA) is 95.9 Å². The summed E-state index contributed by atoms with van der Waals surface area (Å²) in [6.45, 7) is 0.148. The van der Waals surface area contributed by atoms with Crippen molar-refractivity contribution in [3.63, 3.8) is 0 Å². The van der Waals surface area contributed by atoms with E-state index in [1.54, 1.807) is 0 Å². The quantitative estimate of drug-likeness (QED) is 0.720. The average Bonchev–Trinajstić information content (AvgIpc) is 3.05. The molecular formula is C23H25NO5. The fourth-order valence-electron chi connectivity index (χ4n) is 4.58. The standard InChI is InChI=1S/C23H25NO5/c25-15-11-9-14(10-12-15)21(22(26)27)24-23(28)29-13-20-18-7-3-1-5-16(18)17-6-2-4-8-19(17)20/h1-8,14-15,20-21,25H,9-13H2,(H,24,28)(H,26,27)/t14?,15?,21-/m0/s1. The van der Waals surface area contributed by atoms with Crippen LogP contribution in [0.4, 0.5) is 4.79 Å². The van der Waals surface area contributed by atoms with Gasteiger partial charge in [0.1, 0.15) is 12.6 Å². The van der Waals surface area contributed by atoms with Crippen LogP contribution in [0.2, 0.25) is 0 Å². The minimum Gasteiger partial charge on any atom is -0.480 e. The molecule has 1 atom stereocenters.